The molecule has 23 heavy (non-hydrogen) atoms. The summed E-state index contributed by atoms with van der Waals surface area (Å²) in [5, 5.41) is 0. The number of likely N-dealkylation sites (tertiary alicyclic amines) is 1. The van der Waals surface area contributed by atoms with Gasteiger partial charge < -0.3 is 4.42 Å². The maximum Gasteiger partial charge on any atom is 0.240 e. The minimum Gasteiger partial charge on any atom is -0.468 e. The summed E-state index contributed by atoms with van der Waals surface area (Å²) < 4.78 is 34.0. The van der Waals surface area contributed by atoms with Crippen molar-refractivity contribution < 1.29 is 12.8 Å². The molecular weight excluding hydrogens is 380 g/mol. The zero-order valence-electron chi connectivity index (χ0n) is 12.6. The summed E-state index contributed by atoms with van der Waals surface area (Å²) in [6, 6.07) is 10.4. The van der Waals surface area contributed by atoms with Gasteiger partial charge in [0, 0.05) is 11.0 Å². The molecular formula is C16H19BrN2O3S. The monoisotopic (exact) mass is 398 g/mol. The molecule has 0 amide bonds. The Hall–Kier alpha value is -1.15. The van der Waals surface area contributed by atoms with E-state index in [-0.39, 0.29) is 10.9 Å². The van der Waals surface area contributed by atoms with Crippen LogP contribution >= 0.6 is 15.9 Å². The molecule has 0 bridgehead atoms. The van der Waals surface area contributed by atoms with Crippen molar-refractivity contribution in [3.8, 4) is 0 Å². The van der Waals surface area contributed by atoms with E-state index in [0.29, 0.717) is 6.54 Å². The molecule has 0 aliphatic carbocycles. The topological polar surface area (TPSA) is 62.6 Å². The second kappa shape index (κ2) is 7.17. The van der Waals surface area contributed by atoms with Gasteiger partial charge >= 0.3 is 0 Å². The highest BCUT2D eigenvalue weighted by molar-refractivity contribution is 9.10. The number of rotatable bonds is 6. The van der Waals surface area contributed by atoms with E-state index >= 15 is 0 Å². The third-order valence-corrected chi connectivity index (χ3v) is 5.94. The van der Waals surface area contributed by atoms with E-state index in [0.717, 1.165) is 36.2 Å². The van der Waals surface area contributed by atoms with E-state index in [4.69, 9.17) is 4.42 Å². The largest absolute Gasteiger partial charge is 0.468 e. The van der Waals surface area contributed by atoms with Crippen LogP contribution in [-0.4, -0.2) is 33.0 Å². The molecule has 1 atom stereocenters. The second-order valence-corrected chi connectivity index (χ2v) is 8.27. The van der Waals surface area contributed by atoms with Crippen molar-refractivity contribution in [2.45, 2.75) is 23.8 Å². The van der Waals surface area contributed by atoms with E-state index in [1.54, 1.807) is 30.5 Å². The number of hydrogen-bond donors (Lipinski definition) is 1. The standard InChI is InChI=1S/C16H19BrN2O3S/c17-13-5-3-6-14(11-13)23(20,21)18-12-15(16-7-4-10-22-16)19-8-1-2-9-19/h3-7,10-11,15,18H,1-2,8-9,12H2. The molecule has 3 rings (SSSR count). The Morgan fingerprint density at radius 2 is 2.00 bits per heavy atom. The zero-order chi connectivity index (χ0) is 16.3. The molecule has 7 heteroatoms. The van der Waals surface area contributed by atoms with Gasteiger partial charge in [-0.1, -0.05) is 22.0 Å². The molecule has 124 valence electrons. The van der Waals surface area contributed by atoms with Gasteiger partial charge in [-0.2, -0.15) is 0 Å². The van der Waals surface area contributed by atoms with Crippen LogP contribution < -0.4 is 4.72 Å². The second-order valence-electron chi connectivity index (χ2n) is 5.58. The van der Waals surface area contributed by atoms with Gasteiger partial charge in [-0.15, -0.1) is 0 Å². The molecule has 5 nitrogen and oxygen atoms in total. The first-order valence-corrected chi connectivity index (χ1v) is 9.86. The Morgan fingerprint density at radius 3 is 2.65 bits per heavy atom. The van der Waals surface area contributed by atoms with Gasteiger partial charge in [-0.05, 0) is 56.3 Å². The molecule has 2 aromatic rings. The van der Waals surface area contributed by atoms with Crippen LogP contribution in [0.1, 0.15) is 24.6 Å². The number of benzene rings is 1. The van der Waals surface area contributed by atoms with Crippen LogP contribution in [-0.2, 0) is 10.0 Å². The fourth-order valence-corrected chi connectivity index (χ4v) is 4.48. The van der Waals surface area contributed by atoms with Crippen molar-refractivity contribution in [2.24, 2.45) is 0 Å². The third kappa shape index (κ3) is 4.03. The minimum atomic E-state index is -3.55. The number of nitrogens with zero attached hydrogens (tertiary/aromatic N) is 1. The zero-order valence-corrected chi connectivity index (χ0v) is 15.0. The summed E-state index contributed by atoms with van der Waals surface area (Å²) in [4.78, 5) is 2.52. The number of furan rings is 1. The predicted molar refractivity (Wildman–Crippen MR) is 91.6 cm³/mol. The first-order chi connectivity index (χ1) is 11.1. The van der Waals surface area contributed by atoms with Crippen molar-refractivity contribution in [1.82, 2.24) is 9.62 Å². The average molecular weight is 399 g/mol. The molecule has 1 N–H and O–H groups in total. The highest BCUT2D eigenvalue weighted by atomic mass is 79.9. The SMILES string of the molecule is O=S(=O)(NCC(c1ccco1)N1CCCC1)c1cccc(Br)c1. The smallest absolute Gasteiger partial charge is 0.240 e. The van der Waals surface area contributed by atoms with Gasteiger partial charge in [0.2, 0.25) is 10.0 Å². The van der Waals surface area contributed by atoms with Crippen LogP contribution in [0.5, 0.6) is 0 Å². The van der Waals surface area contributed by atoms with Gasteiger partial charge in [-0.25, -0.2) is 13.1 Å². The molecule has 0 spiro atoms. The van der Waals surface area contributed by atoms with Gasteiger partial charge in [-0.3, -0.25) is 4.90 Å². The van der Waals surface area contributed by atoms with Gasteiger partial charge in [0.25, 0.3) is 0 Å². The first kappa shape index (κ1) is 16.7. The molecule has 0 saturated carbocycles. The molecule has 2 heterocycles. The summed E-state index contributed by atoms with van der Waals surface area (Å²) in [5.41, 5.74) is 0. The summed E-state index contributed by atoms with van der Waals surface area (Å²) in [5.74, 6) is 0.795. The number of sulfonamides is 1. The van der Waals surface area contributed by atoms with E-state index in [9.17, 15) is 8.42 Å². The summed E-state index contributed by atoms with van der Waals surface area (Å²) in [7, 11) is -3.55. The predicted octanol–water partition coefficient (Wildman–Crippen LogP) is 3.16. The molecule has 1 aliphatic heterocycles. The van der Waals surface area contributed by atoms with Crippen LogP contribution in [0.4, 0.5) is 0 Å². The van der Waals surface area contributed by atoms with Gasteiger partial charge in [0.15, 0.2) is 0 Å². The van der Waals surface area contributed by atoms with Crippen molar-refractivity contribution >= 4 is 26.0 Å². The molecule has 1 aliphatic rings. The quantitative estimate of drug-likeness (QED) is 0.811. The Kier molecular flexibility index (Phi) is 5.21. The van der Waals surface area contributed by atoms with Crippen LogP contribution in [0.15, 0.2) is 56.4 Å². The molecule has 1 unspecified atom stereocenters. The van der Waals surface area contributed by atoms with Gasteiger partial charge in [0.1, 0.15) is 5.76 Å². The fraction of sp³-hybridized carbons (Fsp3) is 0.375. The normalized spacial score (nSPS) is 17.4. The lowest BCUT2D eigenvalue weighted by molar-refractivity contribution is 0.216. The first-order valence-electron chi connectivity index (χ1n) is 7.59. The van der Waals surface area contributed by atoms with E-state index in [1.807, 2.05) is 12.1 Å². The van der Waals surface area contributed by atoms with Gasteiger partial charge in [0.05, 0.1) is 17.2 Å². The van der Waals surface area contributed by atoms with E-state index in [1.165, 1.54) is 0 Å². The van der Waals surface area contributed by atoms with Crippen molar-refractivity contribution in [3.63, 3.8) is 0 Å². The van der Waals surface area contributed by atoms with Crippen LogP contribution in [0.2, 0.25) is 0 Å². The maximum absolute atomic E-state index is 12.5. The highest BCUT2D eigenvalue weighted by Crippen LogP contribution is 2.25. The maximum atomic E-state index is 12.5. The number of nitrogens with one attached hydrogen (secondary N) is 1. The van der Waals surface area contributed by atoms with Crippen LogP contribution in [0.3, 0.4) is 0 Å². The molecule has 1 saturated heterocycles. The molecule has 1 fully saturated rings. The highest BCUT2D eigenvalue weighted by Gasteiger charge is 2.27. The molecule has 1 aromatic heterocycles. The van der Waals surface area contributed by atoms with E-state index < -0.39 is 10.0 Å². The third-order valence-electron chi connectivity index (χ3n) is 4.03. The lowest BCUT2D eigenvalue weighted by Crippen LogP contribution is -2.36. The van der Waals surface area contributed by atoms with Crippen LogP contribution in [0, 0.1) is 0 Å². The van der Waals surface area contributed by atoms with Crippen LogP contribution in [0.25, 0.3) is 0 Å². The lowest BCUT2D eigenvalue weighted by Gasteiger charge is -2.25. The fourth-order valence-electron chi connectivity index (χ4n) is 2.85. The number of halogens is 1. The Labute approximate surface area is 144 Å². The van der Waals surface area contributed by atoms with Crippen molar-refractivity contribution in [3.05, 3.63) is 52.9 Å². The minimum absolute atomic E-state index is 0.0746. The molecule has 0 radical (unpaired) electrons. The lowest BCUT2D eigenvalue weighted by atomic mass is 10.2. The summed E-state index contributed by atoms with van der Waals surface area (Å²) >= 11 is 3.30. The Morgan fingerprint density at radius 1 is 1.22 bits per heavy atom. The molecule has 1 aromatic carbocycles. The average Bonchev–Trinajstić information content (AvgIpc) is 3.21. The number of hydrogen-bond acceptors (Lipinski definition) is 4. The van der Waals surface area contributed by atoms with E-state index in [2.05, 4.69) is 25.6 Å². The Bertz CT molecular complexity index is 740. The van der Waals surface area contributed by atoms with Crippen molar-refractivity contribution in [2.75, 3.05) is 19.6 Å². The summed E-state index contributed by atoms with van der Waals surface area (Å²) in [6.45, 7) is 2.22. The van der Waals surface area contributed by atoms with Crippen molar-refractivity contribution in [1.29, 1.82) is 0 Å². The summed E-state index contributed by atoms with van der Waals surface area (Å²) in [6.07, 6.45) is 3.90. The Balaban J connectivity index is 1.76.